The lowest BCUT2D eigenvalue weighted by molar-refractivity contribution is 0.544. The summed E-state index contributed by atoms with van der Waals surface area (Å²) in [5.74, 6) is 1.01. The summed E-state index contributed by atoms with van der Waals surface area (Å²) < 4.78 is 5.00. The fourth-order valence-electron chi connectivity index (χ4n) is 1.04. The van der Waals surface area contributed by atoms with Gasteiger partial charge < -0.3 is 4.42 Å². The van der Waals surface area contributed by atoms with Crippen LogP contribution in [0.5, 0.6) is 0 Å². The Kier molecular flexibility index (Phi) is 2.53. The fraction of sp³-hybridized carbons (Fsp3) is 0.400. The molecule has 0 fully saturated rings. The van der Waals surface area contributed by atoms with Crippen molar-refractivity contribution in [3.05, 3.63) is 36.8 Å². The molecule has 0 unspecified atom stereocenters. The highest BCUT2D eigenvalue weighted by molar-refractivity contribution is 5.13. The zero-order valence-corrected chi connectivity index (χ0v) is 7.08. The van der Waals surface area contributed by atoms with Gasteiger partial charge in [-0.3, -0.25) is 0 Å². The number of rotatable bonds is 3. The average Bonchev–Trinajstić information content (AvgIpc) is 2.53. The summed E-state index contributed by atoms with van der Waals surface area (Å²) in [5.41, 5.74) is 1.25. The first-order valence-corrected chi connectivity index (χ1v) is 3.90. The molecule has 0 aromatic carbocycles. The van der Waals surface area contributed by atoms with Crippen molar-refractivity contribution in [2.24, 2.45) is 5.92 Å². The smallest absolute Gasteiger partial charge is 0.0937 e. The Balaban J connectivity index is 2.69. The van der Waals surface area contributed by atoms with Gasteiger partial charge in [-0.2, -0.15) is 0 Å². The maximum atomic E-state index is 5.00. The zero-order chi connectivity index (χ0) is 8.27. The first kappa shape index (κ1) is 8.12. The van der Waals surface area contributed by atoms with Gasteiger partial charge in [0, 0.05) is 0 Å². The molecule has 2 atom stereocenters. The minimum absolute atomic E-state index is 0.506. The van der Waals surface area contributed by atoms with Gasteiger partial charge in [-0.25, -0.2) is 0 Å². The molecule has 1 heteroatoms. The summed E-state index contributed by atoms with van der Waals surface area (Å²) in [6.07, 6.45) is 5.48. The molecule has 0 N–H and O–H groups in total. The van der Waals surface area contributed by atoms with E-state index in [1.165, 1.54) is 5.56 Å². The Morgan fingerprint density at radius 3 is 2.73 bits per heavy atom. The highest BCUT2D eigenvalue weighted by Gasteiger charge is 2.11. The van der Waals surface area contributed by atoms with Crippen LogP contribution < -0.4 is 0 Å². The molecule has 0 aliphatic carbocycles. The third kappa shape index (κ3) is 1.73. The summed E-state index contributed by atoms with van der Waals surface area (Å²) in [6, 6.07) is 2.00. The molecule has 0 aliphatic heterocycles. The lowest BCUT2D eigenvalue weighted by atomic mass is 9.91. The molecular weight excluding hydrogens is 136 g/mol. The molecule has 1 aromatic rings. The normalized spacial score (nSPS) is 15.8. The minimum Gasteiger partial charge on any atom is -0.472 e. The molecule has 1 nitrogen and oxygen atoms in total. The van der Waals surface area contributed by atoms with E-state index < -0.39 is 0 Å². The highest BCUT2D eigenvalue weighted by Crippen LogP contribution is 2.24. The second kappa shape index (κ2) is 3.42. The van der Waals surface area contributed by atoms with E-state index in [4.69, 9.17) is 4.42 Å². The summed E-state index contributed by atoms with van der Waals surface area (Å²) in [6.45, 7) is 8.10. The summed E-state index contributed by atoms with van der Waals surface area (Å²) >= 11 is 0. The molecule has 0 saturated carbocycles. The van der Waals surface area contributed by atoms with Gasteiger partial charge in [0.1, 0.15) is 0 Å². The van der Waals surface area contributed by atoms with E-state index >= 15 is 0 Å². The Morgan fingerprint density at radius 2 is 2.27 bits per heavy atom. The largest absolute Gasteiger partial charge is 0.472 e. The van der Waals surface area contributed by atoms with Crippen molar-refractivity contribution in [1.29, 1.82) is 0 Å². The molecule has 1 rings (SSSR count). The molecule has 1 heterocycles. The van der Waals surface area contributed by atoms with Crippen molar-refractivity contribution in [2.45, 2.75) is 19.8 Å². The van der Waals surface area contributed by atoms with E-state index in [1.54, 1.807) is 12.5 Å². The van der Waals surface area contributed by atoms with Crippen LogP contribution in [-0.4, -0.2) is 0 Å². The van der Waals surface area contributed by atoms with E-state index in [2.05, 4.69) is 20.4 Å². The van der Waals surface area contributed by atoms with E-state index in [0.717, 1.165) is 0 Å². The third-order valence-corrected chi connectivity index (χ3v) is 2.23. The van der Waals surface area contributed by atoms with Crippen LogP contribution in [0.1, 0.15) is 25.3 Å². The van der Waals surface area contributed by atoms with Crippen LogP contribution in [0.4, 0.5) is 0 Å². The van der Waals surface area contributed by atoms with Crippen molar-refractivity contribution in [3.63, 3.8) is 0 Å². The van der Waals surface area contributed by atoms with Crippen molar-refractivity contribution in [2.75, 3.05) is 0 Å². The van der Waals surface area contributed by atoms with Gasteiger partial charge >= 0.3 is 0 Å². The van der Waals surface area contributed by atoms with Gasteiger partial charge in [0.15, 0.2) is 0 Å². The number of allylic oxidation sites excluding steroid dienone is 1. The number of hydrogen-bond donors (Lipinski definition) is 0. The van der Waals surface area contributed by atoms with E-state index in [0.29, 0.717) is 11.8 Å². The Bertz CT molecular complexity index is 211. The zero-order valence-electron chi connectivity index (χ0n) is 7.08. The second-order valence-corrected chi connectivity index (χ2v) is 2.94. The summed E-state index contributed by atoms with van der Waals surface area (Å²) in [4.78, 5) is 0. The molecule has 0 spiro atoms. The van der Waals surface area contributed by atoms with Crippen molar-refractivity contribution >= 4 is 0 Å². The van der Waals surface area contributed by atoms with Crippen LogP contribution in [0.25, 0.3) is 0 Å². The fourth-order valence-corrected chi connectivity index (χ4v) is 1.04. The van der Waals surface area contributed by atoms with Gasteiger partial charge in [-0.05, 0) is 23.5 Å². The summed E-state index contributed by atoms with van der Waals surface area (Å²) in [5, 5.41) is 0. The lowest BCUT2D eigenvalue weighted by Crippen LogP contribution is -2.01. The Labute approximate surface area is 67.7 Å². The third-order valence-electron chi connectivity index (χ3n) is 2.23. The first-order valence-electron chi connectivity index (χ1n) is 3.90. The van der Waals surface area contributed by atoms with Gasteiger partial charge in [0.25, 0.3) is 0 Å². The molecule has 0 saturated heterocycles. The van der Waals surface area contributed by atoms with Crippen molar-refractivity contribution in [1.82, 2.24) is 0 Å². The van der Waals surface area contributed by atoms with Gasteiger partial charge in [-0.15, -0.1) is 6.58 Å². The highest BCUT2D eigenvalue weighted by atomic mass is 16.3. The van der Waals surface area contributed by atoms with Crippen LogP contribution >= 0.6 is 0 Å². The van der Waals surface area contributed by atoms with E-state index in [1.807, 2.05) is 12.1 Å². The molecule has 0 bridgehead atoms. The maximum Gasteiger partial charge on any atom is 0.0937 e. The van der Waals surface area contributed by atoms with Crippen LogP contribution in [0.3, 0.4) is 0 Å². The van der Waals surface area contributed by atoms with Crippen LogP contribution in [0, 0.1) is 5.92 Å². The molecular formula is C10H14O. The molecule has 0 amide bonds. The van der Waals surface area contributed by atoms with Gasteiger partial charge in [0.05, 0.1) is 12.5 Å². The van der Waals surface area contributed by atoms with Crippen LogP contribution in [0.15, 0.2) is 35.7 Å². The monoisotopic (exact) mass is 150 g/mol. The first-order chi connectivity index (χ1) is 5.25. The standard InChI is InChI=1S/C10H14O/c1-4-8(2)9(3)10-5-6-11-7-10/h4-9H,1H2,2-3H3/t8-,9-/m0/s1. The van der Waals surface area contributed by atoms with Crippen molar-refractivity contribution in [3.8, 4) is 0 Å². The van der Waals surface area contributed by atoms with Gasteiger partial charge in [-0.1, -0.05) is 19.9 Å². The topological polar surface area (TPSA) is 13.1 Å². The lowest BCUT2D eigenvalue weighted by Gasteiger charge is -2.13. The van der Waals surface area contributed by atoms with Gasteiger partial charge in [0.2, 0.25) is 0 Å². The van der Waals surface area contributed by atoms with Crippen molar-refractivity contribution < 1.29 is 4.42 Å². The quantitative estimate of drug-likeness (QED) is 0.603. The molecule has 0 radical (unpaired) electrons. The van der Waals surface area contributed by atoms with E-state index in [-0.39, 0.29) is 0 Å². The average molecular weight is 150 g/mol. The molecule has 60 valence electrons. The predicted octanol–water partition coefficient (Wildman–Crippen LogP) is 3.21. The number of hydrogen-bond acceptors (Lipinski definition) is 1. The van der Waals surface area contributed by atoms with E-state index in [9.17, 15) is 0 Å². The van der Waals surface area contributed by atoms with Crippen LogP contribution in [-0.2, 0) is 0 Å². The predicted molar refractivity (Wildman–Crippen MR) is 46.5 cm³/mol. The molecule has 0 aliphatic rings. The number of furan rings is 1. The summed E-state index contributed by atoms with van der Waals surface area (Å²) in [7, 11) is 0. The maximum absolute atomic E-state index is 5.00. The minimum atomic E-state index is 0.506. The SMILES string of the molecule is C=C[C@H](C)[C@H](C)c1ccoc1. The Hall–Kier alpha value is -0.980. The van der Waals surface area contributed by atoms with Crippen LogP contribution in [0.2, 0.25) is 0 Å². The molecule has 11 heavy (non-hydrogen) atoms. The Morgan fingerprint density at radius 1 is 1.55 bits per heavy atom. The molecule has 1 aromatic heterocycles. The second-order valence-electron chi connectivity index (χ2n) is 2.94.